The number of hydrogen-bond acceptors (Lipinski definition) is 3. The Labute approximate surface area is 114 Å². The van der Waals surface area contributed by atoms with Crippen LogP contribution in [-0.4, -0.2) is 45.3 Å². The van der Waals surface area contributed by atoms with Gasteiger partial charge in [-0.25, -0.2) is 4.98 Å². The maximum Gasteiger partial charge on any atom is 0.391 e. The van der Waals surface area contributed by atoms with Crippen LogP contribution < -0.4 is 0 Å². The quantitative estimate of drug-likeness (QED) is 0.909. The molecule has 1 fully saturated rings. The summed E-state index contributed by atoms with van der Waals surface area (Å²) in [6.45, 7) is 4.00. The van der Waals surface area contributed by atoms with Crippen LogP contribution >= 0.6 is 0 Å². The SMILES string of the molecule is CC(C)c1nc(C(=O)N2CCC(C(F)(F)F)CC2)n[nH]1. The molecule has 1 amide bonds. The second-order valence-corrected chi connectivity index (χ2v) is 5.31. The Morgan fingerprint density at radius 1 is 1.35 bits per heavy atom. The third-order valence-corrected chi connectivity index (χ3v) is 3.49. The standard InChI is InChI=1S/C12H17F3N4O/c1-7(2)9-16-10(18-17-9)11(20)19-5-3-8(4-6-19)12(13,14)15/h7-8H,3-6H2,1-2H3,(H,16,17,18). The van der Waals surface area contributed by atoms with E-state index in [0.29, 0.717) is 5.82 Å². The fraction of sp³-hybridized carbons (Fsp3) is 0.750. The van der Waals surface area contributed by atoms with Crippen LogP contribution in [0.2, 0.25) is 0 Å². The van der Waals surface area contributed by atoms with Crippen molar-refractivity contribution in [1.29, 1.82) is 0 Å². The van der Waals surface area contributed by atoms with Crippen molar-refractivity contribution in [3.63, 3.8) is 0 Å². The molecule has 0 atom stereocenters. The molecule has 0 aromatic carbocycles. The van der Waals surface area contributed by atoms with Crippen molar-refractivity contribution in [3.05, 3.63) is 11.6 Å². The van der Waals surface area contributed by atoms with Crippen LogP contribution in [0.5, 0.6) is 0 Å². The molecule has 2 rings (SSSR count). The Kier molecular flexibility index (Phi) is 4.01. The number of carbonyl (C=O) groups is 1. The third kappa shape index (κ3) is 3.10. The first-order chi connectivity index (χ1) is 9.29. The van der Waals surface area contributed by atoms with Gasteiger partial charge in [0.15, 0.2) is 0 Å². The van der Waals surface area contributed by atoms with Gasteiger partial charge in [-0.2, -0.15) is 13.2 Å². The van der Waals surface area contributed by atoms with Gasteiger partial charge in [0.2, 0.25) is 5.82 Å². The van der Waals surface area contributed by atoms with Gasteiger partial charge in [-0.3, -0.25) is 9.89 Å². The number of amides is 1. The minimum absolute atomic E-state index is 0.0270. The number of aromatic amines is 1. The van der Waals surface area contributed by atoms with E-state index in [1.807, 2.05) is 13.8 Å². The summed E-state index contributed by atoms with van der Waals surface area (Å²) in [5, 5.41) is 6.50. The second kappa shape index (κ2) is 5.41. The molecule has 0 unspecified atom stereocenters. The summed E-state index contributed by atoms with van der Waals surface area (Å²) < 4.78 is 37.7. The molecule has 112 valence electrons. The first kappa shape index (κ1) is 14.8. The lowest BCUT2D eigenvalue weighted by atomic mass is 9.96. The fourth-order valence-corrected chi connectivity index (χ4v) is 2.18. The largest absolute Gasteiger partial charge is 0.391 e. The number of piperidine rings is 1. The molecule has 1 N–H and O–H groups in total. The summed E-state index contributed by atoms with van der Waals surface area (Å²) >= 11 is 0. The van der Waals surface area contributed by atoms with Gasteiger partial charge < -0.3 is 4.90 Å². The number of carbonyl (C=O) groups excluding carboxylic acids is 1. The van der Waals surface area contributed by atoms with Gasteiger partial charge >= 0.3 is 6.18 Å². The third-order valence-electron chi connectivity index (χ3n) is 3.49. The lowest BCUT2D eigenvalue weighted by molar-refractivity contribution is -0.183. The van der Waals surface area contributed by atoms with Gasteiger partial charge in [-0.05, 0) is 12.8 Å². The average molecular weight is 290 g/mol. The van der Waals surface area contributed by atoms with Crippen LogP contribution in [0.3, 0.4) is 0 Å². The molecule has 2 heterocycles. The Balaban J connectivity index is 1.98. The molecule has 20 heavy (non-hydrogen) atoms. The lowest BCUT2D eigenvalue weighted by Gasteiger charge is -2.32. The van der Waals surface area contributed by atoms with Crippen molar-refractivity contribution < 1.29 is 18.0 Å². The van der Waals surface area contributed by atoms with Crippen molar-refractivity contribution in [2.75, 3.05) is 13.1 Å². The first-order valence-electron chi connectivity index (χ1n) is 6.57. The minimum Gasteiger partial charge on any atom is -0.336 e. The monoisotopic (exact) mass is 290 g/mol. The van der Waals surface area contributed by atoms with E-state index >= 15 is 0 Å². The lowest BCUT2D eigenvalue weighted by Crippen LogP contribution is -2.42. The zero-order valence-electron chi connectivity index (χ0n) is 11.4. The summed E-state index contributed by atoms with van der Waals surface area (Å²) in [4.78, 5) is 17.5. The van der Waals surface area contributed by atoms with E-state index in [1.165, 1.54) is 4.90 Å². The minimum atomic E-state index is -4.18. The number of alkyl halides is 3. The summed E-state index contributed by atoms with van der Waals surface area (Å²) in [6.07, 6.45) is -4.29. The normalized spacial score (nSPS) is 17.8. The van der Waals surface area contributed by atoms with E-state index in [1.54, 1.807) is 0 Å². The van der Waals surface area contributed by atoms with E-state index in [0.717, 1.165) is 0 Å². The first-order valence-corrected chi connectivity index (χ1v) is 6.57. The molecule has 0 aliphatic carbocycles. The van der Waals surface area contributed by atoms with Crippen LogP contribution in [0.25, 0.3) is 0 Å². The Hall–Kier alpha value is -1.60. The Morgan fingerprint density at radius 2 is 1.95 bits per heavy atom. The van der Waals surface area contributed by atoms with Gasteiger partial charge in [0, 0.05) is 19.0 Å². The molecule has 0 saturated carbocycles. The van der Waals surface area contributed by atoms with Crippen molar-refractivity contribution in [2.24, 2.45) is 5.92 Å². The second-order valence-electron chi connectivity index (χ2n) is 5.31. The van der Waals surface area contributed by atoms with E-state index in [9.17, 15) is 18.0 Å². The number of halogens is 3. The van der Waals surface area contributed by atoms with E-state index in [2.05, 4.69) is 15.2 Å². The van der Waals surface area contributed by atoms with E-state index < -0.39 is 18.0 Å². The number of aromatic nitrogens is 3. The molecular formula is C12H17F3N4O. The molecule has 8 heteroatoms. The molecule has 0 radical (unpaired) electrons. The van der Waals surface area contributed by atoms with Gasteiger partial charge in [-0.15, -0.1) is 5.10 Å². The van der Waals surface area contributed by atoms with E-state index in [4.69, 9.17) is 0 Å². The van der Waals surface area contributed by atoms with Gasteiger partial charge in [-0.1, -0.05) is 13.8 Å². The number of likely N-dealkylation sites (tertiary alicyclic amines) is 1. The molecule has 1 aromatic rings. The molecule has 5 nitrogen and oxygen atoms in total. The Bertz CT molecular complexity index is 475. The van der Waals surface area contributed by atoms with Crippen LogP contribution in [0.1, 0.15) is 49.1 Å². The van der Waals surface area contributed by atoms with Crippen molar-refractivity contribution in [1.82, 2.24) is 20.1 Å². The zero-order valence-corrected chi connectivity index (χ0v) is 11.4. The summed E-state index contributed by atoms with van der Waals surface area (Å²) in [5.41, 5.74) is 0. The highest BCUT2D eigenvalue weighted by Gasteiger charge is 2.42. The molecule has 1 saturated heterocycles. The maximum absolute atomic E-state index is 12.6. The fourth-order valence-electron chi connectivity index (χ4n) is 2.18. The number of nitrogens with one attached hydrogen (secondary N) is 1. The Morgan fingerprint density at radius 3 is 2.40 bits per heavy atom. The highest BCUT2D eigenvalue weighted by molar-refractivity contribution is 5.90. The molecule has 0 spiro atoms. The summed E-state index contributed by atoms with van der Waals surface area (Å²) in [5.74, 6) is -0.989. The maximum atomic E-state index is 12.6. The topological polar surface area (TPSA) is 61.9 Å². The van der Waals surface area contributed by atoms with Crippen LogP contribution in [0.4, 0.5) is 13.2 Å². The highest BCUT2D eigenvalue weighted by Crippen LogP contribution is 2.34. The molecule has 1 aliphatic heterocycles. The number of nitrogens with zero attached hydrogens (tertiary/aromatic N) is 3. The van der Waals surface area contributed by atoms with Crippen molar-refractivity contribution in [3.8, 4) is 0 Å². The van der Waals surface area contributed by atoms with Gasteiger partial charge in [0.25, 0.3) is 5.91 Å². The summed E-state index contributed by atoms with van der Waals surface area (Å²) in [6, 6.07) is 0. The average Bonchev–Trinajstić information content (AvgIpc) is 2.86. The van der Waals surface area contributed by atoms with Crippen LogP contribution in [-0.2, 0) is 0 Å². The zero-order chi connectivity index (χ0) is 14.9. The molecular weight excluding hydrogens is 273 g/mol. The molecule has 1 aliphatic rings. The van der Waals surface area contributed by atoms with Crippen molar-refractivity contribution in [2.45, 2.75) is 38.8 Å². The number of H-pyrrole nitrogens is 1. The summed E-state index contributed by atoms with van der Waals surface area (Å²) in [7, 11) is 0. The van der Waals surface area contributed by atoms with Crippen LogP contribution in [0.15, 0.2) is 0 Å². The molecule has 0 bridgehead atoms. The van der Waals surface area contributed by atoms with Gasteiger partial charge in [0.1, 0.15) is 5.82 Å². The molecule has 1 aromatic heterocycles. The number of rotatable bonds is 2. The van der Waals surface area contributed by atoms with E-state index in [-0.39, 0.29) is 37.7 Å². The van der Waals surface area contributed by atoms with Crippen LogP contribution in [0, 0.1) is 5.92 Å². The number of hydrogen-bond donors (Lipinski definition) is 1. The van der Waals surface area contributed by atoms with Crippen molar-refractivity contribution >= 4 is 5.91 Å². The predicted molar refractivity (Wildman–Crippen MR) is 65.2 cm³/mol. The smallest absolute Gasteiger partial charge is 0.336 e. The highest BCUT2D eigenvalue weighted by atomic mass is 19.4. The van der Waals surface area contributed by atoms with Gasteiger partial charge in [0.05, 0.1) is 5.92 Å². The predicted octanol–water partition coefficient (Wildman–Crippen LogP) is 2.34.